The van der Waals surface area contributed by atoms with E-state index in [1.165, 1.54) is 12.1 Å². The number of nitrogens with one attached hydrogen (secondary N) is 1. The minimum atomic E-state index is -0.349. The molecule has 3 nitrogen and oxygen atoms in total. The number of hydrogen-bond donors (Lipinski definition) is 2. The first-order valence-electron chi connectivity index (χ1n) is 9.90. The van der Waals surface area contributed by atoms with Crippen LogP contribution < -0.4 is 4.74 Å². The lowest BCUT2D eigenvalue weighted by Gasteiger charge is -2.09. The van der Waals surface area contributed by atoms with Gasteiger partial charge in [-0.05, 0) is 47.0 Å². The van der Waals surface area contributed by atoms with Gasteiger partial charge in [0.05, 0.1) is 0 Å². The van der Waals surface area contributed by atoms with Crippen LogP contribution >= 0.6 is 12.6 Å². The van der Waals surface area contributed by atoms with E-state index < -0.39 is 0 Å². The molecule has 0 spiro atoms. The normalized spacial score (nSPS) is 11.0. The highest BCUT2D eigenvalue weighted by molar-refractivity contribution is 7.80. The van der Waals surface area contributed by atoms with Crippen molar-refractivity contribution in [2.75, 3.05) is 0 Å². The smallest absolute Gasteiger partial charge is 0.137 e. The Bertz CT molecular complexity index is 1360. The molecule has 0 atom stereocenters. The molecule has 0 saturated heterocycles. The van der Waals surface area contributed by atoms with Crippen molar-refractivity contribution in [3.63, 3.8) is 0 Å². The average Bonchev–Trinajstić information content (AvgIpc) is 3.21. The third-order valence-electron chi connectivity index (χ3n) is 5.14. The molecular weight excluding hydrogens is 407 g/mol. The van der Waals surface area contributed by atoms with Gasteiger partial charge in [-0.3, -0.25) is 0 Å². The minimum absolute atomic E-state index is 0.349. The summed E-state index contributed by atoms with van der Waals surface area (Å²) in [7, 11) is 0. The third-order valence-corrected chi connectivity index (χ3v) is 5.42. The predicted molar refractivity (Wildman–Crippen MR) is 125 cm³/mol. The summed E-state index contributed by atoms with van der Waals surface area (Å²) in [6, 6.07) is 24.5. The molecule has 0 aliphatic carbocycles. The second kappa shape index (κ2) is 8.28. The number of aromatic nitrogens is 2. The van der Waals surface area contributed by atoms with Crippen LogP contribution in [0.5, 0.6) is 5.75 Å². The molecule has 0 bridgehead atoms. The number of fused-ring (bicyclic) bond motifs is 1. The number of rotatable bonds is 5. The predicted octanol–water partition coefficient (Wildman–Crippen LogP) is 6.90. The first-order valence-corrected chi connectivity index (χ1v) is 10.3. The number of thiol groups is 1. The van der Waals surface area contributed by atoms with E-state index in [0.29, 0.717) is 17.9 Å². The first kappa shape index (κ1) is 19.4. The maximum Gasteiger partial charge on any atom is 0.137 e. The largest absolute Gasteiger partial charge is 0.489 e. The fourth-order valence-electron chi connectivity index (χ4n) is 3.63. The van der Waals surface area contributed by atoms with Gasteiger partial charge >= 0.3 is 0 Å². The number of hydrogen-bond acceptors (Lipinski definition) is 3. The Morgan fingerprint density at radius 3 is 2.58 bits per heavy atom. The summed E-state index contributed by atoms with van der Waals surface area (Å²) in [5, 5.41) is 0.965. The Morgan fingerprint density at radius 1 is 0.871 bits per heavy atom. The number of pyridine rings is 1. The fourth-order valence-corrected chi connectivity index (χ4v) is 3.85. The number of ether oxygens (including phenoxy) is 1. The SMILES string of the molecule is Fc1cc(OCc2ccccc2)cc(-c2cnc3[nH]cc(-c4cccc(S)c4)c3c2)c1. The molecule has 2 heterocycles. The molecule has 0 unspecified atom stereocenters. The van der Waals surface area contributed by atoms with E-state index in [2.05, 4.69) is 22.6 Å². The van der Waals surface area contributed by atoms with Crippen LogP contribution in [0.3, 0.4) is 0 Å². The maximum atomic E-state index is 14.4. The maximum absolute atomic E-state index is 14.4. The number of halogens is 1. The van der Waals surface area contributed by atoms with Crippen LogP contribution in [-0.2, 0) is 6.61 Å². The van der Waals surface area contributed by atoms with Gasteiger partial charge in [0.15, 0.2) is 0 Å². The van der Waals surface area contributed by atoms with E-state index in [1.807, 2.05) is 72.9 Å². The zero-order chi connectivity index (χ0) is 21.2. The van der Waals surface area contributed by atoms with Gasteiger partial charge in [0.25, 0.3) is 0 Å². The van der Waals surface area contributed by atoms with Gasteiger partial charge in [-0.15, -0.1) is 12.6 Å². The van der Waals surface area contributed by atoms with Crippen LogP contribution in [-0.4, -0.2) is 9.97 Å². The summed E-state index contributed by atoms with van der Waals surface area (Å²) in [5.41, 5.74) is 5.41. The standard InChI is InChI=1S/C26H19FN2OS/c27-21-9-19(10-22(13-21)30-16-17-5-2-1-3-6-17)20-12-24-25(15-29-26(24)28-14-20)18-7-4-8-23(31)11-18/h1-15,31H,16H2,(H,28,29). The van der Waals surface area contributed by atoms with E-state index in [0.717, 1.165) is 38.2 Å². The number of H-pyrrole nitrogens is 1. The summed E-state index contributed by atoms with van der Waals surface area (Å²) in [5.74, 6) is 0.133. The Hall–Kier alpha value is -3.57. The van der Waals surface area contributed by atoms with E-state index in [1.54, 1.807) is 6.20 Å². The van der Waals surface area contributed by atoms with Crippen molar-refractivity contribution in [3.8, 4) is 28.0 Å². The Balaban J connectivity index is 1.50. The third kappa shape index (κ3) is 4.18. The lowest BCUT2D eigenvalue weighted by atomic mass is 10.0. The second-order valence-corrected chi connectivity index (χ2v) is 7.84. The van der Waals surface area contributed by atoms with Crippen molar-refractivity contribution in [1.29, 1.82) is 0 Å². The topological polar surface area (TPSA) is 37.9 Å². The van der Waals surface area contributed by atoms with Crippen molar-refractivity contribution < 1.29 is 9.13 Å². The molecule has 1 N–H and O–H groups in total. The van der Waals surface area contributed by atoms with Crippen molar-refractivity contribution in [3.05, 3.63) is 103 Å². The van der Waals surface area contributed by atoms with Gasteiger partial charge in [-0.1, -0.05) is 42.5 Å². The molecular formula is C26H19FN2OS. The summed E-state index contributed by atoms with van der Waals surface area (Å²) < 4.78 is 20.2. The molecule has 2 aromatic heterocycles. The average molecular weight is 427 g/mol. The Kier molecular flexibility index (Phi) is 5.18. The molecule has 0 radical (unpaired) electrons. The second-order valence-electron chi connectivity index (χ2n) is 7.32. The molecule has 31 heavy (non-hydrogen) atoms. The first-order chi connectivity index (χ1) is 15.2. The molecule has 5 aromatic rings. The molecule has 3 aromatic carbocycles. The van der Waals surface area contributed by atoms with E-state index in [9.17, 15) is 4.39 Å². The summed E-state index contributed by atoms with van der Waals surface area (Å²) in [4.78, 5) is 8.64. The molecule has 0 aliphatic rings. The van der Waals surface area contributed by atoms with Crippen LogP contribution in [0.1, 0.15) is 5.56 Å². The molecule has 5 rings (SSSR count). The van der Waals surface area contributed by atoms with Crippen molar-refractivity contribution in [1.82, 2.24) is 9.97 Å². The van der Waals surface area contributed by atoms with E-state index >= 15 is 0 Å². The van der Waals surface area contributed by atoms with Crippen molar-refractivity contribution in [2.45, 2.75) is 11.5 Å². The zero-order valence-electron chi connectivity index (χ0n) is 16.5. The van der Waals surface area contributed by atoms with Gasteiger partial charge < -0.3 is 9.72 Å². The highest BCUT2D eigenvalue weighted by atomic mass is 32.1. The molecule has 0 aliphatic heterocycles. The number of benzene rings is 3. The number of aromatic amines is 1. The highest BCUT2D eigenvalue weighted by Crippen LogP contribution is 2.33. The quantitative estimate of drug-likeness (QED) is 0.300. The van der Waals surface area contributed by atoms with Gasteiger partial charge in [0, 0.05) is 39.9 Å². The molecule has 152 valence electrons. The summed E-state index contributed by atoms with van der Waals surface area (Å²) >= 11 is 4.44. The fraction of sp³-hybridized carbons (Fsp3) is 0.0385. The number of nitrogens with zero attached hydrogens (tertiary/aromatic N) is 1. The lowest BCUT2D eigenvalue weighted by molar-refractivity contribution is 0.305. The monoisotopic (exact) mass is 426 g/mol. The van der Waals surface area contributed by atoms with Crippen LogP contribution in [0.2, 0.25) is 0 Å². The van der Waals surface area contributed by atoms with Crippen molar-refractivity contribution >= 4 is 23.7 Å². The van der Waals surface area contributed by atoms with E-state index in [4.69, 9.17) is 4.74 Å². The van der Waals surface area contributed by atoms with Gasteiger partial charge in [0.1, 0.15) is 23.8 Å². The van der Waals surface area contributed by atoms with Crippen LogP contribution in [0.15, 0.2) is 96.2 Å². The highest BCUT2D eigenvalue weighted by Gasteiger charge is 2.11. The molecule has 0 fully saturated rings. The van der Waals surface area contributed by atoms with Crippen molar-refractivity contribution in [2.24, 2.45) is 0 Å². The van der Waals surface area contributed by atoms with Crippen LogP contribution in [0.4, 0.5) is 4.39 Å². The Labute approximate surface area is 185 Å². The molecule has 0 amide bonds. The van der Waals surface area contributed by atoms with Crippen LogP contribution in [0.25, 0.3) is 33.3 Å². The molecule has 0 saturated carbocycles. The Morgan fingerprint density at radius 2 is 1.74 bits per heavy atom. The minimum Gasteiger partial charge on any atom is -0.489 e. The van der Waals surface area contributed by atoms with E-state index in [-0.39, 0.29) is 5.82 Å². The summed E-state index contributed by atoms with van der Waals surface area (Å²) in [6.07, 6.45) is 3.68. The lowest BCUT2D eigenvalue weighted by Crippen LogP contribution is -1.96. The van der Waals surface area contributed by atoms with Gasteiger partial charge in [0.2, 0.25) is 0 Å². The zero-order valence-corrected chi connectivity index (χ0v) is 17.4. The van der Waals surface area contributed by atoms with Gasteiger partial charge in [-0.25, -0.2) is 9.37 Å². The summed E-state index contributed by atoms with van der Waals surface area (Å²) in [6.45, 7) is 0.378. The van der Waals surface area contributed by atoms with Gasteiger partial charge in [-0.2, -0.15) is 0 Å². The molecule has 5 heteroatoms. The van der Waals surface area contributed by atoms with Crippen LogP contribution in [0, 0.1) is 5.82 Å².